The molecular formula is C13H15NO5S. The van der Waals surface area contributed by atoms with Crippen LogP contribution < -0.4 is 0 Å². The van der Waals surface area contributed by atoms with Crippen LogP contribution in [0.1, 0.15) is 12.0 Å². The van der Waals surface area contributed by atoms with Gasteiger partial charge in [-0.15, -0.1) is 0 Å². The number of carboxylic acids is 1. The fraction of sp³-hybridized carbons (Fsp3) is 0.308. The molecule has 1 heterocycles. The molecule has 2 N–H and O–H groups in total. The molecule has 0 aromatic heterocycles. The van der Waals surface area contributed by atoms with Gasteiger partial charge in [0.25, 0.3) is 0 Å². The molecule has 1 saturated heterocycles. The van der Waals surface area contributed by atoms with Gasteiger partial charge in [0, 0.05) is 19.2 Å². The molecule has 1 aromatic carbocycles. The summed E-state index contributed by atoms with van der Waals surface area (Å²) in [7, 11) is -3.64. The molecule has 1 fully saturated rings. The molecule has 0 saturated carbocycles. The van der Waals surface area contributed by atoms with E-state index in [0.717, 1.165) is 6.08 Å². The van der Waals surface area contributed by atoms with E-state index in [1.807, 2.05) is 0 Å². The Balaban J connectivity index is 2.28. The van der Waals surface area contributed by atoms with E-state index in [9.17, 15) is 18.3 Å². The highest BCUT2D eigenvalue weighted by molar-refractivity contribution is 7.89. The summed E-state index contributed by atoms with van der Waals surface area (Å²) in [5, 5.41) is 18.0. The summed E-state index contributed by atoms with van der Waals surface area (Å²) in [6.45, 7) is 0.385. The van der Waals surface area contributed by atoms with Crippen LogP contribution in [-0.4, -0.2) is 48.1 Å². The lowest BCUT2D eigenvalue weighted by atomic mass is 10.2. The van der Waals surface area contributed by atoms with Crippen molar-refractivity contribution in [2.24, 2.45) is 0 Å². The number of carbonyl (C=O) groups is 1. The molecule has 1 aliphatic heterocycles. The maximum atomic E-state index is 12.3. The number of aliphatic carboxylic acids is 1. The number of benzene rings is 1. The molecule has 0 spiro atoms. The van der Waals surface area contributed by atoms with Gasteiger partial charge in [-0.25, -0.2) is 13.2 Å². The van der Waals surface area contributed by atoms with Crippen molar-refractivity contribution >= 4 is 22.1 Å². The first-order valence-electron chi connectivity index (χ1n) is 6.09. The van der Waals surface area contributed by atoms with Crippen molar-refractivity contribution in [3.05, 3.63) is 35.9 Å². The standard InChI is InChI=1S/C13H15NO5S/c15-11-6-7-14(9-11)20(18,19)12-3-1-2-10(8-12)4-5-13(16)17/h1-5,8,11,15H,6-7,9H2,(H,16,17). The summed E-state index contributed by atoms with van der Waals surface area (Å²) in [5.41, 5.74) is 0.494. The molecular weight excluding hydrogens is 282 g/mol. The largest absolute Gasteiger partial charge is 0.478 e. The minimum atomic E-state index is -3.64. The third-order valence-electron chi connectivity index (χ3n) is 3.04. The van der Waals surface area contributed by atoms with Crippen molar-refractivity contribution < 1.29 is 23.4 Å². The molecule has 1 unspecified atom stereocenters. The van der Waals surface area contributed by atoms with Gasteiger partial charge in [-0.1, -0.05) is 12.1 Å². The molecule has 0 amide bonds. The fourth-order valence-corrected chi connectivity index (χ4v) is 3.57. The molecule has 0 radical (unpaired) electrons. The van der Waals surface area contributed by atoms with Crippen LogP contribution in [0.3, 0.4) is 0 Å². The van der Waals surface area contributed by atoms with Crippen LogP contribution in [0.2, 0.25) is 0 Å². The Kier molecular flexibility index (Phi) is 4.22. The first-order valence-corrected chi connectivity index (χ1v) is 7.53. The van der Waals surface area contributed by atoms with Crippen molar-refractivity contribution in [3.8, 4) is 0 Å². The second-order valence-electron chi connectivity index (χ2n) is 4.55. The Hall–Kier alpha value is -1.70. The van der Waals surface area contributed by atoms with E-state index in [4.69, 9.17) is 5.11 Å². The van der Waals surface area contributed by atoms with E-state index >= 15 is 0 Å². The van der Waals surface area contributed by atoms with Crippen LogP contribution >= 0.6 is 0 Å². The Bertz CT molecular complexity index is 638. The van der Waals surface area contributed by atoms with Crippen molar-refractivity contribution in [2.45, 2.75) is 17.4 Å². The minimum Gasteiger partial charge on any atom is -0.478 e. The van der Waals surface area contributed by atoms with Crippen molar-refractivity contribution in [2.75, 3.05) is 13.1 Å². The molecule has 7 heteroatoms. The number of hydrogen-bond acceptors (Lipinski definition) is 4. The Morgan fingerprint density at radius 3 is 2.75 bits per heavy atom. The number of aliphatic hydroxyl groups excluding tert-OH is 1. The van der Waals surface area contributed by atoms with Gasteiger partial charge in [-0.3, -0.25) is 0 Å². The van der Waals surface area contributed by atoms with E-state index in [2.05, 4.69) is 0 Å². The van der Waals surface area contributed by atoms with Gasteiger partial charge in [-0.05, 0) is 30.2 Å². The van der Waals surface area contributed by atoms with Gasteiger partial charge in [0.2, 0.25) is 10.0 Å². The highest BCUT2D eigenvalue weighted by Crippen LogP contribution is 2.22. The summed E-state index contributed by atoms with van der Waals surface area (Å²) in [4.78, 5) is 10.6. The average Bonchev–Trinajstić information content (AvgIpc) is 2.84. The van der Waals surface area contributed by atoms with Crippen molar-refractivity contribution in [1.29, 1.82) is 0 Å². The van der Waals surface area contributed by atoms with E-state index < -0.39 is 22.1 Å². The topological polar surface area (TPSA) is 94.9 Å². The van der Waals surface area contributed by atoms with Crippen LogP contribution in [0.4, 0.5) is 0 Å². The number of hydrogen-bond donors (Lipinski definition) is 2. The lowest BCUT2D eigenvalue weighted by Gasteiger charge is -2.15. The summed E-state index contributed by atoms with van der Waals surface area (Å²) in [6.07, 6.45) is 2.09. The number of nitrogens with zero attached hydrogens (tertiary/aromatic N) is 1. The van der Waals surface area contributed by atoms with Crippen LogP contribution in [0, 0.1) is 0 Å². The Labute approximate surface area is 117 Å². The molecule has 6 nitrogen and oxygen atoms in total. The number of carboxylic acid groups (broad SMARTS) is 1. The summed E-state index contributed by atoms with van der Waals surface area (Å²) in [6, 6.07) is 6.05. The lowest BCUT2D eigenvalue weighted by molar-refractivity contribution is -0.131. The van der Waals surface area contributed by atoms with Gasteiger partial charge >= 0.3 is 5.97 Å². The highest BCUT2D eigenvalue weighted by Gasteiger charge is 2.31. The van der Waals surface area contributed by atoms with Crippen molar-refractivity contribution in [1.82, 2.24) is 4.31 Å². The maximum Gasteiger partial charge on any atom is 0.328 e. The highest BCUT2D eigenvalue weighted by atomic mass is 32.2. The maximum absolute atomic E-state index is 12.3. The predicted octanol–water partition coefficient (Wildman–Crippen LogP) is 0.540. The summed E-state index contributed by atoms with van der Waals surface area (Å²) >= 11 is 0. The smallest absolute Gasteiger partial charge is 0.328 e. The normalized spacial score (nSPS) is 20.6. The zero-order valence-electron chi connectivity index (χ0n) is 10.6. The fourth-order valence-electron chi connectivity index (χ4n) is 2.02. The second-order valence-corrected chi connectivity index (χ2v) is 6.49. The molecule has 2 rings (SSSR count). The lowest BCUT2D eigenvalue weighted by Crippen LogP contribution is -2.29. The zero-order valence-corrected chi connectivity index (χ0v) is 11.5. The van der Waals surface area contributed by atoms with Gasteiger partial charge < -0.3 is 10.2 Å². The van der Waals surface area contributed by atoms with Gasteiger partial charge in [0.15, 0.2) is 0 Å². The van der Waals surface area contributed by atoms with Gasteiger partial charge in [0.1, 0.15) is 0 Å². The zero-order chi connectivity index (χ0) is 14.8. The Morgan fingerprint density at radius 1 is 1.40 bits per heavy atom. The van der Waals surface area contributed by atoms with Crippen LogP contribution in [-0.2, 0) is 14.8 Å². The van der Waals surface area contributed by atoms with E-state index in [1.165, 1.54) is 22.5 Å². The molecule has 0 aliphatic carbocycles. The molecule has 1 aliphatic rings. The summed E-state index contributed by atoms with van der Waals surface area (Å²) in [5.74, 6) is -1.10. The van der Waals surface area contributed by atoms with Crippen molar-refractivity contribution in [3.63, 3.8) is 0 Å². The number of rotatable bonds is 4. The molecule has 0 bridgehead atoms. The number of aliphatic hydroxyl groups is 1. The monoisotopic (exact) mass is 297 g/mol. The molecule has 1 atom stereocenters. The van der Waals surface area contributed by atoms with Gasteiger partial charge in [0.05, 0.1) is 11.0 Å². The summed E-state index contributed by atoms with van der Waals surface area (Å²) < 4.78 is 25.9. The number of sulfonamides is 1. The SMILES string of the molecule is O=C(O)C=Cc1cccc(S(=O)(=O)N2CCC(O)C2)c1. The van der Waals surface area contributed by atoms with Gasteiger partial charge in [-0.2, -0.15) is 4.31 Å². The molecule has 108 valence electrons. The molecule has 1 aromatic rings. The van der Waals surface area contributed by atoms with Crippen LogP contribution in [0.5, 0.6) is 0 Å². The first kappa shape index (κ1) is 14.7. The van der Waals surface area contributed by atoms with E-state index in [1.54, 1.807) is 12.1 Å². The quantitative estimate of drug-likeness (QED) is 0.791. The third-order valence-corrected chi connectivity index (χ3v) is 4.90. The van der Waals surface area contributed by atoms with Crippen LogP contribution in [0.15, 0.2) is 35.2 Å². The van der Waals surface area contributed by atoms with Crippen LogP contribution in [0.25, 0.3) is 6.08 Å². The molecule has 20 heavy (non-hydrogen) atoms. The first-order chi connectivity index (χ1) is 9.39. The minimum absolute atomic E-state index is 0.0948. The predicted molar refractivity (Wildman–Crippen MR) is 72.5 cm³/mol. The average molecular weight is 297 g/mol. The Morgan fingerprint density at radius 2 is 2.15 bits per heavy atom. The van der Waals surface area contributed by atoms with E-state index in [-0.39, 0.29) is 11.4 Å². The van der Waals surface area contributed by atoms with E-state index in [0.29, 0.717) is 18.5 Å². The third kappa shape index (κ3) is 3.24. The second kappa shape index (κ2) is 5.74. The number of β-amino-alcohol motifs (C(OH)–C–C–N with tert-alkyl or cyclic N) is 1.